The zero-order valence-corrected chi connectivity index (χ0v) is 13.5. The summed E-state index contributed by atoms with van der Waals surface area (Å²) in [5, 5.41) is 2.85. The van der Waals surface area contributed by atoms with E-state index in [2.05, 4.69) is 10.1 Å². The molecule has 0 saturated heterocycles. The zero-order chi connectivity index (χ0) is 17.7. The average molecular weight is 354 g/mol. The van der Waals surface area contributed by atoms with E-state index in [-0.39, 0.29) is 12.1 Å². The molecule has 2 aromatic carbocycles. The minimum atomic E-state index is -1.06. The van der Waals surface area contributed by atoms with Crippen LogP contribution >= 0.6 is 11.6 Å². The summed E-state index contributed by atoms with van der Waals surface area (Å²) >= 11 is 6.00. The highest BCUT2D eigenvalue weighted by molar-refractivity contribution is 6.31. The maximum Gasteiger partial charge on any atom is 0.340 e. The van der Waals surface area contributed by atoms with Gasteiger partial charge in [0.15, 0.2) is 0 Å². The lowest BCUT2D eigenvalue weighted by Crippen LogP contribution is -2.15. The number of amides is 1. The van der Waals surface area contributed by atoms with Gasteiger partial charge in [0.1, 0.15) is 11.6 Å². The summed E-state index contributed by atoms with van der Waals surface area (Å²) in [5.41, 5.74) is 0.0328. The Labute approximate surface area is 142 Å². The number of ether oxygens (including phenoxy) is 1. The molecular formula is C17H14ClF2NO3. The summed E-state index contributed by atoms with van der Waals surface area (Å²) in [7, 11) is 1.08. The van der Waals surface area contributed by atoms with Gasteiger partial charge >= 0.3 is 5.97 Å². The average Bonchev–Trinajstić information content (AvgIpc) is 2.56. The number of halogens is 3. The summed E-state index contributed by atoms with van der Waals surface area (Å²) in [6.07, 6.45) is 0.409. The van der Waals surface area contributed by atoms with Gasteiger partial charge in [0.2, 0.25) is 5.91 Å². The lowest BCUT2D eigenvalue weighted by Gasteiger charge is -2.09. The minimum absolute atomic E-state index is 0.0497. The van der Waals surface area contributed by atoms with E-state index in [1.54, 1.807) is 24.3 Å². The molecule has 0 atom stereocenters. The Bertz CT molecular complexity index is 780. The smallest absolute Gasteiger partial charge is 0.340 e. The third-order valence-electron chi connectivity index (χ3n) is 3.32. The number of nitrogens with one attached hydrogen (secondary N) is 1. The molecule has 24 heavy (non-hydrogen) atoms. The third kappa shape index (κ3) is 4.29. The number of methoxy groups -OCH3 is 1. The number of rotatable bonds is 5. The number of carbonyl (C=O) groups is 2. The Morgan fingerprint density at radius 3 is 2.54 bits per heavy atom. The standard InChI is InChI=1S/C17H14ClF2NO3/c1-24-17(23)11-8-15(14(20)9-13(11)19)21-16(22)7-6-10-4-2-3-5-12(10)18/h2-5,8-9H,6-7H2,1H3,(H,21,22). The first-order valence-electron chi connectivity index (χ1n) is 7.03. The van der Waals surface area contributed by atoms with E-state index in [9.17, 15) is 18.4 Å². The van der Waals surface area contributed by atoms with Gasteiger partial charge in [-0.25, -0.2) is 13.6 Å². The molecule has 0 radical (unpaired) electrons. The molecule has 0 unspecified atom stereocenters. The SMILES string of the molecule is COC(=O)c1cc(NC(=O)CCc2ccccc2Cl)c(F)cc1F. The molecule has 4 nitrogen and oxygen atoms in total. The second-order valence-corrected chi connectivity index (χ2v) is 5.35. The molecule has 0 bridgehead atoms. The molecular weight excluding hydrogens is 340 g/mol. The van der Waals surface area contributed by atoms with Gasteiger partial charge < -0.3 is 10.1 Å². The molecule has 0 heterocycles. The van der Waals surface area contributed by atoms with E-state index in [0.29, 0.717) is 17.5 Å². The second-order valence-electron chi connectivity index (χ2n) is 4.94. The number of aryl methyl sites for hydroxylation is 1. The number of anilines is 1. The molecule has 2 aromatic rings. The molecule has 0 saturated carbocycles. The van der Waals surface area contributed by atoms with E-state index < -0.39 is 29.1 Å². The number of benzene rings is 2. The van der Waals surface area contributed by atoms with Gasteiger partial charge in [0.25, 0.3) is 0 Å². The Kier molecular flexibility index (Phi) is 5.87. The fraction of sp³-hybridized carbons (Fsp3) is 0.176. The highest BCUT2D eigenvalue weighted by atomic mass is 35.5. The van der Waals surface area contributed by atoms with E-state index in [1.165, 1.54) is 0 Å². The van der Waals surface area contributed by atoms with E-state index >= 15 is 0 Å². The Morgan fingerprint density at radius 1 is 1.17 bits per heavy atom. The van der Waals surface area contributed by atoms with Crippen LogP contribution in [0.4, 0.5) is 14.5 Å². The Morgan fingerprint density at radius 2 is 1.88 bits per heavy atom. The van der Waals surface area contributed by atoms with Crippen LogP contribution in [-0.2, 0) is 16.0 Å². The summed E-state index contributed by atoms with van der Waals surface area (Å²) < 4.78 is 31.7. The molecule has 2 rings (SSSR count). The van der Waals surface area contributed by atoms with Crippen LogP contribution in [0.25, 0.3) is 0 Å². The van der Waals surface area contributed by atoms with Gasteiger partial charge in [-0.3, -0.25) is 4.79 Å². The number of hydrogen-bond acceptors (Lipinski definition) is 3. The van der Waals surface area contributed by atoms with Crippen molar-refractivity contribution in [2.75, 3.05) is 12.4 Å². The van der Waals surface area contributed by atoms with Gasteiger partial charge in [-0.2, -0.15) is 0 Å². The van der Waals surface area contributed by atoms with Crippen molar-refractivity contribution in [1.29, 1.82) is 0 Å². The molecule has 0 aliphatic heterocycles. The summed E-state index contributed by atoms with van der Waals surface area (Å²) in [6, 6.07) is 8.48. The molecule has 7 heteroatoms. The molecule has 126 valence electrons. The van der Waals surface area contributed by atoms with Gasteiger partial charge in [0, 0.05) is 17.5 Å². The van der Waals surface area contributed by atoms with E-state index in [1.807, 2.05) is 0 Å². The summed E-state index contributed by atoms with van der Waals surface area (Å²) in [6.45, 7) is 0. The number of hydrogen-bond donors (Lipinski definition) is 1. The first-order valence-corrected chi connectivity index (χ1v) is 7.40. The van der Waals surface area contributed by atoms with Gasteiger partial charge in [-0.1, -0.05) is 29.8 Å². The van der Waals surface area contributed by atoms with Gasteiger partial charge in [-0.05, 0) is 24.1 Å². The van der Waals surface area contributed by atoms with Crippen LogP contribution in [0.1, 0.15) is 22.3 Å². The van der Waals surface area contributed by atoms with Crippen molar-refractivity contribution in [1.82, 2.24) is 0 Å². The second kappa shape index (κ2) is 7.88. The van der Waals surface area contributed by atoms with Crippen LogP contribution in [0.15, 0.2) is 36.4 Å². The van der Waals surface area contributed by atoms with Crippen molar-refractivity contribution < 1.29 is 23.1 Å². The van der Waals surface area contributed by atoms with E-state index in [0.717, 1.165) is 18.7 Å². The lowest BCUT2D eigenvalue weighted by molar-refractivity contribution is -0.116. The van der Waals surface area contributed by atoms with Crippen LogP contribution in [0.3, 0.4) is 0 Å². The summed E-state index contributed by atoms with van der Waals surface area (Å²) in [4.78, 5) is 23.4. The van der Waals surface area contributed by atoms with Crippen LogP contribution in [0, 0.1) is 11.6 Å². The quantitative estimate of drug-likeness (QED) is 0.827. The number of esters is 1. The predicted octanol–water partition coefficient (Wildman–Crippen LogP) is 3.98. The fourth-order valence-corrected chi connectivity index (χ4v) is 2.30. The predicted molar refractivity (Wildman–Crippen MR) is 86.1 cm³/mol. The maximum atomic E-state index is 13.8. The Balaban J connectivity index is 2.08. The van der Waals surface area contributed by atoms with Crippen molar-refractivity contribution in [2.45, 2.75) is 12.8 Å². The lowest BCUT2D eigenvalue weighted by atomic mass is 10.1. The van der Waals surface area contributed by atoms with Crippen molar-refractivity contribution in [2.24, 2.45) is 0 Å². The molecule has 0 fully saturated rings. The highest BCUT2D eigenvalue weighted by Crippen LogP contribution is 2.21. The topological polar surface area (TPSA) is 55.4 Å². The molecule has 1 N–H and O–H groups in total. The van der Waals surface area contributed by atoms with E-state index in [4.69, 9.17) is 11.6 Å². The highest BCUT2D eigenvalue weighted by Gasteiger charge is 2.18. The maximum absolute atomic E-state index is 13.8. The van der Waals surface area contributed by atoms with Crippen LogP contribution in [0.2, 0.25) is 5.02 Å². The minimum Gasteiger partial charge on any atom is -0.465 e. The third-order valence-corrected chi connectivity index (χ3v) is 3.68. The van der Waals surface area contributed by atoms with Gasteiger partial charge in [0.05, 0.1) is 18.4 Å². The van der Waals surface area contributed by atoms with Crippen molar-refractivity contribution in [3.63, 3.8) is 0 Å². The largest absolute Gasteiger partial charge is 0.465 e. The van der Waals surface area contributed by atoms with Gasteiger partial charge in [-0.15, -0.1) is 0 Å². The molecule has 0 aliphatic carbocycles. The first kappa shape index (κ1) is 17.9. The normalized spacial score (nSPS) is 10.3. The van der Waals surface area contributed by atoms with Crippen molar-refractivity contribution in [3.05, 3.63) is 64.2 Å². The molecule has 0 spiro atoms. The van der Waals surface area contributed by atoms with Crippen LogP contribution < -0.4 is 5.32 Å². The molecule has 1 amide bonds. The van der Waals surface area contributed by atoms with Crippen LogP contribution in [-0.4, -0.2) is 19.0 Å². The zero-order valence-electron chi connectivity index (χ0n) is 12.7. The fourth-order valence-electron chi connectivity index (χ4n) is 2.07. The molecule has 0 aromatic heterocycles. The first-order chi connectivity index (χ1) is 11.4. The monoisotopic (exact) mass is 353 g/mol. The van der Waals surface area contributed by atoms with Crippen molar-refractivity contribution >= 4 is 29.2 Å². The number of carbonyl (C=O) groups excluding carboxylic acids is 2. The molecule has 0 aliphatic rings. The van der Waals surface area contributed by atoms with Crippen LogP contribution in [0.5, 0.6) is 0 Å². The van der Waals surface area contributed by atoms with Crippen molar-refractivity contribution in [3.8, 4) is 0 Å². The summed E-state index contributed by atoms with van der Waals surface area (Å²) in [5.74, 6) is -3.49. The Hall–Kier alpha value is -2.47.